The molecule has 0 bridgehead atoms. The van der Waals surface area contributed by atoms with Crippen LogP contribution in [0.2, 0.25) is 0 Å². The average molecular weight is 266 g/mol. The molecule has 0 amide bonds. The quantitative estimate of drug-likeness (QED) is 0.652. The van der Waals surface area contributed by atoms with E-state index in [4.69, 9.17) is 0 Å². The minimum atomic E-state index is 0.785. The highest BCUT2D eigenvalue weighted by Crippen LogP contribution is 2.06. The van der Waals surface area contributed by atoms with E-state index in [1.54, 1.807) is 12.7 Å². The minimum absolute atomic E-state index is 0.785. The summed E-state index contributed by atoms with van der Waals surface area (Å²) in [5, 5.41) is 0. The van der Waals surface area contributed by atoms with E-state index in [1.165, 1.54) is 0 Å². The van der Waals surface area contributed by atoms with Crippen LogP contribution < -0.4 is 4.90 Å². The van der Waals surface area contributed by atoms with E-state index in [0.717, 1.165) is 45.0 Å². The zero-order chi connectivity index (χ0) is 14.1. The zero-order valence-corrected chi connectivity index (χ0v) is 12.6. The summed E-state index contributed by atoms with van der Waals surface area (Å²) in [4.78, 5) is 19.0. The molecule has 0 aromatic carbocycles. The summed E-state index contributed by atoms with van der Waals surface area (Å²) >= 11 is 0. The molecule has 0 N–H and O–H groups in total. The number of anilines is 1. The van der Waals surface area contributed by atoms with Crippen molar-refractivity contribution >= 4 is 5.95 Å². The van der Waals surface area contributed by atoms with E-state index in [-0.39, 0.29) is 0 Å². The maximum absolute atomic E-state index is 4.25. The lowest BCUT2D eigenvalue weighted by atomic mass is 10.3. The summed E-state index contributed by atoms with van der Waals surface area (Å²) in [6, 6.07) is 0. The van der Waals surface area contributed by atoms with Crippen molar-refractivity contribution < 1.29 is 0 Å². The second kappa shape index (κ2) is 8.77. The van der Waals surface area contributed by atoms with Crippen LogP contribution in [-0.4, -0.2) is 79.1 Å². The average Bonchev–Trinajstić information content (AvgIpc) is 2.37. The molecule has 108 valence electrons. The Bertz CT molecular complexity index is 313. The van der Waals surface area contributed by atoms with Crippen molar-refractivity contribution in [2.45, 2.75) is 12.8 Å². The van der Waals surface area contributed by atoms with Crippen molar-refractivity contribution in [3.8, 4) is 0 Å². The van der Waals surface area contributed by atoms with Crippen LogP contribution in [0.5, 0.6) is 0 Å². The van der Waals surface area contributed by atoms with Gasteiger partial charge in [0, 0.05) is 13.1 Å². The van der Waals surface area contributed by atoms with Gasteiger partial charge >= 0.3 is 0 Å². The SMILES string of the molecule is CN(C)CCCN(CCCN(C)C)c1ncncn1. The van der Waals surface area contributed by atoms with Crippen LogP contribution >= 0.6 is 0 Å². The van der Waals surface area contributed by atoms with Gasteiger partial charge in [0.2, 0.25) is 5.95 Å². The number of hydrogen-bond acceptors (Lipinski definition) is 6. The predicted molar refractivity (Wildman–Crippen MR) is 78.4 cm³/mol. The summed E-state index contributed by atoms with van der Waals surface area (Å²) in [6.45, 7) is 4.12. The fourth-order valence-corrected chi connectivity index (χ4v) is 1.86. The Labute approximate surface area is 116 Å². The summed E-state index contributed by atoms with van der Waals surface area (Å²) < 4.78 is 0. The summed E-state index contributed by atoms with van der Waals surface area (Å²) in [5.41, 5.74) is 0. The van der Waals surface area contributed by atoms with E-state index < -0.39 is 0 Å². The van der Waals surface area contributed by atoms with Crippen molar-refractivity contribution in [1.29, 1.82) is 0 Å². The molecule has 1 heterocycles. The van der Waals surface area contributed by atoms with Crippen LogP contribution in [-0.2, 0) is 0 Å². The molecule has 0 unspecified atom stereocenters. The monoisotopic (exact) mass is 266 g/mol. The molecular formula is C13H26N6. The van der Waals surface area contributed by atoms with Gasteiger partial charge in [0.25, 0.3) is 0 Å². The van der Waals surface area contributed by atoms with Crippen LogP contribution in [0.1, 0.15) is 12.8 Å². The van der Waals surface area contributed by atoms with Crippen LogP contribution in [0.4, 0.5) is 5.95 Å². The minimum Gasteiger partial charge on any atom is -0.341 e. The normalized spacial score (nSPS) is 11.3. The largest absolute Gasteiger partial charge is 0.341 e. The van der Waals surface area contributed by atoms with Crippen LogP contribution in [0.3, 0.4) is 0 Å². The molecule has 6 nitrogen and oxygen atoms in total. The Morgan fingerprint density at radius 3 is 1.68 bits per heavy atom. The lowest BCUT2D eigenvalue weighted by molar-refractivity contribution is 0.389. The Kier molecular flexibility index (Phi) is 7.28. The Morgan fingerprint density at radius 2 is 1.26 bits per heavy atom. The summed E-state index contributed by atoms with van der Waals surface area (Å²) in [7, 11) is 8.39. The highest BCUT2D eigenvalue weighted by molar-refractivity contribution is 5.26. The zero-order valence-electron chi connectivity index (χ0n) is 12.6. The van der Waals surface area contributed by atoms with Gasteiger partial charge in [0.05, 0.1) is 0 Å². The van der Waals surface area contributed by atoms with E-state index in [1.807, 2.05) is 0 Å². The predicted octanol–water partition coefficient (Wildman–Crippen LogP) is 0.581. The van der Waals surface area contributed by atoms with Crippen molar-refractivity contribution in [2.75, 3.05) is 59.3 Å². The second-order valence-corrected chi connectivity index (χ2v) is 5.24. The standard InChI is InChI=1S/C13H26N6/c1-17(2)7-5-9-19(10-6-8-18(3)4)13-15-11-14-12-16-13/h11-12H,5-10H2,1-4H3. The van der Waals surface area contributed by atoms with Gasteiger partial charge in [-0.2, -0.15) is 0 Å². The Balaban J connectivity index is 2.48. The molecule has 1 aromatic heterocycles. The maximum Gasteiger partial charge on any atom is 0.228 e. The molecule has 0 aliphatic heterocycles. The van der Waals surface area contributed by atoms with E-state index in [2.05, 4.69) is 57.8 Å². The fraction of sp³-hybridized carbons (Fsp3) is 0.769. The molecule has 6 heteroatoms. The van der Waals surface area contributed by atoms with Crippen molar-refractivity contribution in [2.24, 2.45) is 0 Å². The highest BCUT2D eigenvalue weighted by atomic mass is 15.3. The number of rotatable bonds is 9. The van der Waals surface area contributed by atoms with Crippen molar-refractivity contribution in [1.82, 2.24) is 24.8 Å². The first-order valence-electron chi connectivity index (χ1n) is 6.76. The lowest BCUT2D eigenvalue weighted by Gasteiger charge is -2.23. The summed E-state index contributed by atoms with van der Waals surface area (Å²) in [5.74, 6) is 0.785. The molecule has 0 aliphatic rings. The first kappa shape index (κ1) is 15.8. The molecule has 1 aromatic rings. The molecule has 0 fully saturated rings. The van der Waals surface area contributed by atoms with Crippen molar-refractivity contribution in [3.63, 3.8) is 0 Å². The molecule has 0 spiro atoms. The molecule has 1 rings (SSSR count). The molecule has 0 radical (unpaired) electrons. The molecular weight excluding hydrogens is 240 g/mol. The third-order valence-corrected chi connectivity index (χ3v) is 2.83. The molecule has 19 heavy (non-hydrogen) atoms. The van der Waals surface area contributed by atoms with Gasteiger partial charge in [-0.1, -0.05) is 0 Å². The first-order chi connectivity index (χ1) is 9.09. The number of nitrogens with zero attached hydrogens (tertiary/aromatic N) is 6. The van der Waals surface area contributed by atoms with Crippen LogP contribution in [0, 0.1) is 0 Å². The number of aromatic nitrogens is 3. The number of hydrogen-bond donors (Lipinski definition) is 0. The first-order valence-corrected chi connectivity index (χ1v) is 6.76. The maximum atomic E-state index is 4.25. The Morgan fingerprint density at radius 1 is 0.789 bits per heavy atom. The second-order valence-electron chi connectivity index (χ2n) is 5.24. The van der Waals surface area contributed by atoms with Gasteiger partial charge in [-0.25, -0.2) is 15.0 Å². The highest BCUT2D eigenvalue weighted by Gasteiger charge is 2.09. The van der Waals surface area contributed by atoms with E-state index in [9.17, 15) is 0 Å². The van der Waals surface area contributed by atoms with Gasteiger partial charge in [0.1, 0.15) is 12.7 Å². The molecule has 0 saturated heterocycles. The summed E-state index contributed by atoms with van der Waals surface area (Å²) in [6.07, 6.45) is 5.35. The fourth-order valence-electron chi connectivity index (χ4n) is 1.86. The van der Waals surface area contributed by atoms with Crippen LogP contribution in [0.25, 0.3) is 0 Å². The van der Waals surface area contributed by atoms with Gasteiger partial charge in [-0.3, -0.25) is 0 Å². The third kappa shape index (κ3) is 7.03. The molecule has 0 aliphatic carbocycles. The van der Waals surface area contributed by atoms with Crippen molar-refractivity contribution in [3.05, 3.63) is 12.7 Å². The van der Waals surface area contributed by atoms with E-state index >= 15 is 0 Å². The van der Waals surface area contributed by atoms with Gasteiger partial charge in [-0.15, -0.1) is 0 Å². The molecule has 0 saturated carbocycles. The molecule has 0 atom stereocenters. The third-order valence-electron chi connectivity index (χ3n) is 2.83. The Hall–Kier alpha value is -1.27. The smallest absolute Gasteiger partial charge is 0.228 e. The van der Waals surface area contributed by atoms with Gasteiger partial charge in [-0.05, 0) is 54.1 Å². The van der Waals surface area contributed by atoms with Gasteiger partial charge < -0.3 is 14.7 Å². The van der Waals surface area contributed by atoms with Gasteiger partial charge in [0.15, 0.2) is 0 Å². The van der Waals surface area contributed by atoms with Crippen LogP contribution in [0.15, 0.2) is 12.7 Å². The topological polar surface area (TPSA) is 48.4 Å². The lowest BCUT2D eigenvalue weighted by Crippen LogP contribution is -2.31. The van der Waals surface area contributed by atoms with E-state index in [0.29, 0.717) is 0 Å².